The second-order valence-electron chi connectivity index (χ2n) is 6.16. The smallest absolute Gasteiger partial charge is 0.0508 e. The predicted octanol–water partition coefficient (Wildman–Crippen LogP) is 3.81. The van der Waals surface area contributed by atoms with E-state index in [0.717, 1.165) is 30.6 Å². The topological polar surface area (TPSA) is 24.5 Å². The molecule has 3 nitrogen and oxygen atoms in total. The van der Waals surface area contributed by atoms with Crippen molar-refractivity contribution >= 4 is 21.6 Å². The van der Waals surface area contributed by atoms with Gasteiger partial charge in [0.05, 0.1) is 5.69 Å². The van der Waals surface area contributed by atoms with Crippen LogP contribution in [0.5, 0.6) is 0 Å². The molecule has 0 saturated heterocycles. The molecule has 0 aliphatic rings. The van der Waals surface area contributed by atoms with Crippen LogP contribution >= 0.6 is 15.9 Å². The van der Waals surface area contributed by atoms with Crippen LogP contribution in [0, 0.1) is 0 Å². The van der Waals surface area contributed by atoms with Gasteiger partial charge in [0.2, 0.25) is 0 Å². The van der Waals surface area contributed by atoms with Crippen LogP contribution in [0.15, 0.2) is 22.7 Å². The first-order chi connectivity index (χ1) is 9.33. The number of rotatable bonds is 7. The van der Waals surface area contributed by atoms with Crippen molar-refractivity contribution in [1.82, 2.24) is 5.32 Å². The summed E-state index contributed by atoms with van der Waals surface area (Å²) in [4.78, 5) is 2.25. The molecule has 0 amide bonds. The molecule has 0 radical (unpaired) electrons. The fourth-order valence-electron chi connectivity index (χ4n) is 1.90. The molecule has 0 fully saturated rings. The second kappa shape index (κ2) is 8.01. The number of hydrogen-bond donors (Lipinski definition) is 1. The van der Waals surface area contributed by atoms with Gasteiger partial charge in [-0.25, -0.2) is 0 Å². The molecule has 0 aromatic heterocycles. The fourth-order valence-corrected chi connectivity index (χ4v) is 2.63. The summed E-state index contributed by atoms with van der Waals surface area (Å²) in [6, 6.07) is 6.56. The van der Waals surface area contributed by atoms with E-state index in [9.17, 15) is 0 Å². The number of halogens is 1. The maximum absolute atomic E-state index is 5.09. The van der Waals surface area contributed by atoms with E-state index in [0.29, 0.717) is 0 Å². The molecule has 0 unspecified atom stereocenters. The van der Waals surface area contributed by atoms with Gasteiger partial charge in [-0.15, -0.1) is 0 Å². The Morgan fingerprint density at radius 1 is 1.30 bits per heavy atom. The molecular weight excluding hydrogens is 316 g/mol. The maximum Gasteiger partial charge on any atom is 0.0508 e. The lowest BCUT2D eigenvalue weighted by atomic mass is 10.1. The van der Waals surface area contributed by atoms with Gasteiger partial charge in [-0.05, 0) is 60.8 Å². The summed E-state index contributed by atoms with van der Waals surface area (Å²) in [7, 11) is 3.86. The van der Waals surface area contributed by atoms with E-state index in [4.69, 9.17) is 4.74 Å². The third kappa shape index (κ3) is 6.25. The summed E-state index contributed by atoms with van der Waals surface area (Å²) in [6.45, 7) is 9.22. The predicted molar refractivity (Wildman–Crippen MR) is 90.5 cm³/mol. The molecule has 0 aliphatic carbocycles. The molecule has 1 aromatic carbocycles. The monoisotopic (exact) mass is 342 g/mol. The quantitative estimate of drug-likeness (QED) is 0.762. The minimum absolute atomic E-state index is 0.141. The minimum Gasteiger partial charge on any atom is -0.385 e. The van der Waals surface area contributed by atoms with Crippen molar-refractivity contribution in [3.05, 3.63) is 28.2 Å². The van der Waals surface area contributed by atoms with Crippen LogP contribution in [0.3, 0.4) is 0 Å². The zero-order valence-electron chi connectivity index (χ0n) is 13.3. The van der Waals surface area contributed by atoms with Crippen LogP contribution in [0.25, 0.3) is 0 Å². The Morgan fingerprint density at radius 2 is 2.00 bits per heavy atom. The van der Waals surface area contributed by atoms with Gasteiger partial charge in [-0.2, -0.15) is 0 Å². The number of nitrogens with one attached hydrogen (secondary N) is 1. The number of anilines is 1. The third-order valence-corrected chi connectivity index (χ3v) is 3.72. The van der Waals surface area contributed by atoms with Crippen LogP contribution in [-0.2, 0) is 11.3 Å². The van der Waals surface area contributed by atoms with Crippen LogP contribution in [0.4, 0.5) is 5.69 Å². The first-order valence-electron chi connectivity index (χ1n) is 7.07. The Kier molecular flexibility index (Phi) is 7.00. The highest BCUT2D eigenvalue weighted by Gasteiger charge is 2.10. The summed E-state index contributed by atoms with van der Waals surface area (Å²) < 4.78 is 6.24. The molecule has 1 rings (SSSR count). The Morgan fingerprint density at radius 3 is 2.55 bits per heavy atom. The van der Waals surface area contributed by atoms with E-state index in [2.05, 4.69) is 72.2 Å². The molecule has 114 valence electrons. The number of methoxy groups -OCH3 is 1. The van der Waals surface area contributed by atoms with Gasteiger partial charge in [0.1, 0.15) is 0 Å². The van der Waals surface area contributed by atoms with E-state index >= 15 is 0 Å². The van der Waals surface area contributed by atoms with Gasteiger partial charge in [0.25, 0.3) is 0 Å². The number of benzene rings is 1. The average Bonchev–Trinajstić information content (AvgIpc) is 2.35. The van der Waals surface area contributed by atoms with Crippen molar-refractivity contribution in [3.63, 3.8) is 0 Å². The summed E-state index contributed by atoms with van der Waals surface area (Å²) in [5.74, 6) is 0. The number of ether oxygens (including phenoxy) is 1. The van der Waals surface area contributed by atoms with Gasteiger partial charge < -0.3 is 15.0 Å². The first-order valence-corrected chi connectivity index (χ1v) is 7.86. The number of hydrogen-bond acceptors (Lipinski definition) is 3. The molecule has 0 atom stereocenters. The number of nitrogens with zero attached hydrogens (tertiary/aromatic N) is 1. The maximum atomic E-state index is 5.09. The Hall–Kier alpha value is -0.580. The van der Waals surface area contributed by atoms with Crippen molar-refractivity contribution in [1.29, 1.82) is 0 Å². The molecule has 0 heterocycles. The lowest BCUT2D eigenvalue weighted by molar-refractivity contribution is 0.196. The molecule has 20 heavy (non-hydrogen) atoms. The summed E-state index contributed by atoms with van der Waals surface area (Å²) in [5, 5.41) is 3.50. The second-order valence-corrected chi connectivity index (χ2v) is 7.01. The zero-order chi connectivity index (χ0) is 15.2. The fraction of sp³-hybridized carbons (Fsp3) is 0.625. The molecule has 0 spiro atoms. The van der Waals surface area contributed by atoms with Gasteiger partial charge in [0, 0.05) is 43.9 Å². The van der Waals surface area contributed by atoms with Crippen LogP contribution in [0.2, 0.25) is 0 Å². The average molecular weight is 343 g/mol. The van der Waals surface area contributed by atoms with E-state index in [1.54, 1.807) is 7.11 Å². The highest BCUT2D eigenvalue weighted by molar-refractivity contribution is 9.10. The van der Waals surface area contributed by atoms with Gasteiger partial charge in [-0.3, -0.25) is 0 Å². The van der Waals surface area contributed by atoms with Crippen molar-refractivity contribution in [2.45, 2.75) is 39.3 Å². The molecule has 1 aromatic rings. The van der Waals surface area contributed by atoms with Crippen molar-refractivity contribution in [2.24, 2.45) is 0 Å². The van der Waals surface area contributed by atoms with E-state index in [1.807, 2.05) is 0 Å². The normalized spacial score (nSPS) is 11.7. The molecule has 0 saturated carbocycles. The van der Waals surface area contributed by atoms with Gasteiger partial charge in [0.15, 0.2) is 0 Å². The van der Waals surface area contributed by atoms with Crippen LogP contribution in [-0.4, -0.2) is 32.8 Å². The van der Waals surface area contributed by atoms with E-state index in [1.165, 1.54) is 11.3 Å². The molecule has 4 heteroatoms. The van der Waals surface area contributed by atoms with Gasteiger partial charge in [-0.1, -0.05) is 6.07 Å². The highest BCUT2D eigenvalue weighted by atomic mass is 79.9. The van der Waals surface area contributed by atoms with Crippen molar-refractivity contribution in [2.75, 3.05) is 32.2 Å². The molecule has 0 aliphatic heterocycles. The molecule has 1 N–H and O–H groups in total. The Balaban J connectivity index is 2.63. The SMILES string of the molecule is COCCCN(C)c1ccc(CNC(C)(C)C)cc1Br. The first kappa shape index (κ1) is 17.5. The molecular formula is C16H27BrN2O. The highest BCUT2D eigenvalue weighted by Crippen LogP contribution is 2.27. The van der Waals surface area contributed by atoms with Crippen molar-refractivity contribution < 1.29 is 4.74 Å². The lowest BCUT2D eigenvalue weighted by Crippen LogP contribution is -2.35. The minimum atomic E-state index is 0.141. The Bertz CT molecular complexity index is 415. The third-order valence-electron chi connectivity index (χ3n) is 3.09. The van der Waals surface area contributed by atoms with Crippen molar-refractivity contribution in [3.8, 4) is 0 Å². The largest absolute Gasteiger partial charge is 0.385 e. The van der Waals surface area contributed by atoms with E-state index < -0.39 is 0 Å². The standard InChI is InChI=1S/C16H27BrN2O/c1-16(2,3)18-12-13-7-8-15(14(17)11-13)19(4)9-6-10-20-5/h7-8,11,18H,6,9-10,12H2,1-5H3. The van der Waals surface area contributed by atoms with Crippen LogP contribution in [0.1, 0.15) is 32.8 Å². The van der Waals surface area contributed by atoms with Gasteiger partial charge >= 0.3 is 0 Å². The summed E-state index contributed by atoms with van der Waals surface area (Å²) >= 11 is 3.68. The summed E-state index contributed by atoms with van der Waals surface area (Å²) in [5.41, 5.74) is 2.66. The van der Waals surface area contributed by atoms with Crippen LogP contribution < -0.4 is 10.2 Å². The lowest BCUT2D eigenvalue weighted by Gasteiger charge is -2.23. The summed E-state index contributed by atoms with van der Waals surface area (Å²) in [6.07, 6.45) is 1.03. The molecule has 0 bridgehead atoms. The van der Waals surface area contributed by atoms with E-state index in [-0.39, 0.29) is 5.54 Å². The Labute approximate surface area is 131 Å². The zero-order valence-corrected chi connectivity index (χ0v) is 14.9.